The zero-order valence-electron chi connectivity index (χ0n) is 23.8. The van der Waals surface area contributed by atoms with Crippen LogP contribution in [0.1, 0.15) is 91.0 Å². The lowest BCUT2D eigenvalue weighted by atomic mass is 9.72. The monoisotopic (exact) mass is 536 g/mol. The number of carbonyl (C=O) groups excluding carboxylic acids is 1. The predicted molar refractivity (Wildman–Crippen MR) is 148 cm³/mol. The minimum atomic E-state index is -0.653. The molecule has 2 fully saturated rings. The van der Waals surface area contributed by atoms with Crippen molar-refractivity contribution in [3.63, 3.8) is 0 Å². The molecule has 0 radical (unpaired) electrons. The molecule has 0 amide bonds. The van der Waals surface area contributed by atoms with Crippen molar-refractivity contribution in [2.75, 3.05) is 13.7 Å². The summed E-state index contributed by atoms with van der Waals surface area (Å²) in [6, 6.07) is 6.32. The minimum Gasteiger partial charge on any atom is -0.480 e. The number of piperidine rings is 1. The van der Waals surface area contributed by atoms with Gasteiger partial charge in [-0.05, 0) is 75.1 Å². The van der Waals surface area contributed by atoms with Crippen molar-refractivity contribution >= 4 is 17.6 Å². The van der Waals surface area contributed by atoms with Crippen molar-refractivity contribution in [3.8, 4) is 0 Å². The van der Waals surface area contributed by atoms with Crippen LogP contribution in [-0.4, -0.2) is 57.7 Å². The molecule has 0 spiro atoms. The highest BCUT2D eigenvalue weighted by Crippen LogP contribution is 2.37. The predicted octanol–water partition coefficient (Wildman–Crippen LogP) is 5.82. The lowest BCUT2D eigenvalue weighted by molar-refractivity contribution is -0.384. The molecule has 1 aliphatic carbocycles. The average Bonchev–Trinajstić information content (AvgIpc) is 2.96. The van der Waals surface area contributed by atoms with Gasteiger partial charge in [0, 0.05) is 25.3 Å². The van der Waals surface area contributed by atoms with Gasteiger partial charge < -0.3 is 14.9 Å². The van der Waals surface area contributed by atoms with E-state index in [0.717, 1.165) is 70.6 Å². The smallest absolute Gasteiger partial charge is 0.320 e. The van der Waals surface area contributed by atoms with E-state index >= 15 is 0 Å². The molecule has 1 heterocycles. The summed E-state index contributed by atoms with van der Waals surface area (Å²) >= 11 is 0. The van der Waals surface area contributed by atoms with Crippen LogP contribution in [0.5, 0.6) is 0 Å². The number of carboxylic acid groups (broad SMARTS) is 1. The van der Waals surface area contributed by atoms with E-state index in [1.54, 1.807) is 12.1 Å². The number of aliphatic carboxylic acids is 1. The second-order valence-electron chi connectivity index (χ2n) is 10.3. The van der Waals surface area contributed by atoms with Crippen LogP contribution in [0.3, 0.4) is 0 Å². The maximum Gasteiger partial charge on any atom is 0.320 e. The number of benzene rings is 1. The number of ether oxygens (including phenoxy) is 1. The third kappa shape index (κ3) is 10.3. The Hall–Kier alpha value is -2.52. The van der Waals surface area contributed by atoms with Crippen LogP contribution in [0.2, 0.25) is 0 Å². The molecule has 0 aromatic heterocycles. The number of rotatable bonds is 9. The summed E-state index contributed by atoms with van der Waals surface area (Å²) in [7, 11) is 1.00. The summed E-state index contributed by atoms with van der Waals surface area (Å²) in [6.45, 7) is 9.73. The van der Waals surface area contributed by atoms with Crippen LogP contribution in [0.25, 0.3) is 0 Å². The Morgan fingerprint density at radius 3 is 2.18 bits per heavy atom. The van der Waals surface area contributed by atoms with E-state index in [-0.39, 0.29) is 30.2 Å². The van der Waals surface area contributed by atoms with E-state index in [4.69, 9.17) is 14.9 Å². The minimum absolute atomic E-state index is 0.00301. The number of likely N-dealkylation sites (tertiary alicyclic amines) is 1. The van der Waals surface area contributed by atoms with E-state index < -0.39 is 10.9 Å². The van der Waals surface area contributed by atoms with Gasteiger partial charge in [0.25, 0.3) is 5.69 Å². The number of carboxylic acids is 1. The highest BCUT2D eigenvalue weighted by atomic mass is 16.6. The van der Waals surface area contributed by atoms with E-state index in [1.807, 2.05) is 0 Å². The third-order valence-corrected chi connectivity index (χ3v) is 8.01. The molecule has 9 nitrogen and oxygen atoms in total. The van der Waals surface area contributed by atoms with Crippen LogP contribution >= 0.6 is 0 Å². The fourth-order valence-corrected chi connectivity index (χ4v) is 5.39. The molecular formula is C29H48N2O7. The highest BCUT2D eigenvalue weighted by Gasteiger charge is 2.35. The van der Waals surface area contributed by atoms with E-state index in [2.05, 4.69) is 32.6 Å². The summed E-state index contributed by atoms with van der Waals surface area (Å²) in [5.74, 6) is 0.176. The number of hydrogen-bond acceptors (Lipinski definition) is 7. The van der Waals surface area contributed by atoms with Crippen molar-refractivity contribution in [2.24, 2.45) is 17.8 Å². The molecule has 2 N–H and O–H groups in total. The normalized spacial score (nSPS) is 22.9. The number of carbonyl (C=O) groups is 2. The number of nitro groups is 1. The number of aliphatic hydroxyl groups is 1. The Bertz CT molecular complexity index is 846. The SMILES string of the molecule is CCC(C)C1CCCC[C@@H]1C(=O)OCc1ccc([N+](=O)[O-])cc1.CCC(C)N1CCCC[C@@H]1C(=O)O.CO. The van der Waals surface area contributed by atoms with Crippen molar-refractivity contribution in [2.45, 2.75) is 104 Å². The first-order valence-corrected chi connectivity index (χ1v) is 14.0. The number of nitrogens with zero attached hydrogens (tertiary/aromatic N) is 2. The Morgan fingerprint density at radius 1 is 1.03 bits per heavy atom. The summed E-state index contributed by atoms with van der Waals surface area (Å²) in [5.41, 5.74) is 0.823. The van der Waals surface area contributed by atoms with Gasteiger partial charge in [0.1, 0.15) is 12.6 Å². The molecule has 1 aromatic rings. The number of hydrogen-bond donors (Lipinski definition) is 2. The summed E-state index contributed by atoms with van der Waals surface area (Å²) in [5, 5.41) is 26.6. The summed E-state index contributed by atoms with van der Waals surface area (Å²) < 4.78 is 5.48. The van der Waals surface area contributed by atoms with E-state index in [1.165, 1.54) is 18.6 Å². The Balaban J connectivity index is 0.000000408. The molecule has 216 valence electrons. The highest BCUT2D eigenvalue weighted by molar-refractivity contribution is 5.73. The van der Waals surface area contributed by atoms with Crippen molar-refractivity contribution in [1.82, 2.24) is 4.90 Å². The largest absolute Gasteiger partial charge is 0.480 e. The van der Waals surface area contributed by atoms with Crippen LogP contribution in [0.15, 0.2) is 24.3 Å². The van der Waals surface area contributed by atoms with Crippen LogP contribution in [-0.2, 0) is 20.9 Å². The quantitative estimate of drug-likeness (QED) is 0.229. The van der Waals surface area contributed by atoms with Gasteiger partial charge in [0.2, 0.25) is 0 Å². The van der Waals surface area contributed by atoms with Gasteiger partial charge in [-0.2, -0.15) is 0 Å². The number of aliphatic hydroxyl groups excluding tert-OH is 1. The van der Waals surface area contributed by atoms with Gasteiger partial charge in [-0.25, -0.2) is 0 Å². The Labute approximate surface area is 227 Å². The van der Waals surface area contributed by atoms with E-state index in [9.17, 15) is 19.7 Å². The first-order chi connectivity index (χ1) is 18.2. The molecule has 1 aliphatic heterocycles. The van der Waals surface area contributed by atoms with E-state index in [0.29, 0.717) is 17.9 Å². The van der Waals surface area contributed by atoms with Crippen LogP contribution < -0.4 is 0 Å². The van der Waals surface area contributed by atoms with Gasteiger partial charge in [-0.3, -0.25) is 24.6 Å². The topological polar surface area (TPSA) is 130 Å². The van der Waals surface area contributed by atoms with Gasteiger partial charge in [-0.15, -0.1) is 0 Å². The fraction of sp³-hybridized carbons (Fsp3) is 0.724. The average molecular weight is 537 g/mol. The lowest BCUT2D eigenvalue weighted by Crippen LogP contribution is -2.48. The van der Waals surface area contributed by atoms with Gasteiger partial charge in [0.05, 0.1) is 10.8 Å². The Kier molecular flexibility index (Phi) is 15.8. The van der Waals surface area contributed by atoms with Gasteiger partial charge >= 0.3 is 11.9 Å². The molecule has 1 saturated carbocycles. The first kappa shape index (κ1) is 33.5. The van der Waals surface area contributed by atoms with Crippen LogP contribution in [0.4, 0.5) is 5.69 Å². The van der Waals surface area contributed by atoms with Gasteiger partial charge in [-0.1, -0.05) is 46.5 Å². The zero-order chi connectivity index (χ0) is 28.7. The third-order valence-electron chi connectivity index (χ3n) is 8.01. The molecule has 9 heteroatoms. The number of nitro benzene ring substituents is 1. The molecule has 2 aliphatic rings. The second kappa shape index (κ2) is 17.9. The van der Waals surface area contributed by atoms with Crippen molar-refractivity contribution in [3.05, 3.63) is 39.9 Å². The molecule has 3 rings (SSSR count). The molecule has 1 aromatic carbocycles. The molecule has 38 heavy (non-hydrogen) atoms. The molecule has 5 atom stereocenters. The summed E-state index contributed by atoms with van der Waals surface area (Å²) in [6.07, 6.45) is 9.43. The van der Waals surface area contributed by atoms with Crippen LogP contribution in [0, 0.1) is 27.9 Å². The number of esters is 1. The van der Waals surface area contributed by atoms with Gasteiger partial charge in [0.15, 0.2) is 0 Å². The number of non-ortho nitro benzene ring substituents is 1. The fourth-order valence-electron chi connectivity index (χ4n) is 5.39. The second-order valence-corrected chi connectivity index (χ2v) is 10.3. The Morgan fingerprint density at radius 2 is 1.63 bits per heavy atom. The molecule has 1 saturated heterocycles. The maximum absolute atomic E-state index is 12.4. The maximum atomic E-state index is 12.4. The van der Waals surface area contributed by atoms with Crippen molar-refractivity contribution in [1.29, 1.82) is 0 Å². The first-order valence-electron chi connectivity index (χ1n) is 14.0. The summed E-state index contributed by atoms with van der Waals surface area (Å²) in [4.78, 5) is 35.7. The zero-order valence-corrected chi connectivity index (χ0v) is 23.8. The van der Waals surface area contributed by atoms with Crippen molar-refractivity contribution < 1.29 is 29.5 Å². The molecular weight excluding hydrogens is 488 g/mol. The lowest BCUT2D eigenvalue weighted by Gasteiger charge is -2.37. The molecule has 0 bridgehead atoms. The molecule has 3 unspecified atom stereocenters. The standard InChI is InChI=1S/C18H25NO4.C10H19NO2.CH4O/c1-3-13(2)16-6-4-5-7-17(16)18(20)23-12-14-8-10-15(11-9-14)19(21)22;1-3-8(2)11-7-5-4-6-9(11)10(12)13;1-2/h8-11,13,16-17H,3-7,12H2,1-2H3;8-9H,3-7H2,1-2H3,(H,12,13);2H,1H3/t13?,16?,17-;8?,9-;/m01./s1.